The Kier molecular flexibility index (Phi) is 3.90. The lowest BCUT2D eigenvalue weighted by Crippen LogP contribution is -2.25. The maximum absolute atomic E-state index is 11.5. The van der Waals surface area contributed by atoms with Gasteiger partial charge >= 0.3 is 0 Å². The van der Waals surface area contributed by atoms with Crippen molar-refractivity contribution in [1.82, 2.24) is 10.3 Å². The van der Waals surface area contributed by atoms with Gasteiger partial charge in [-0.3, -0.25) is 4.79 Å². The molecule has 0 saturated carbocycles. The molecule has 0 aromatic carbocycles. The quantitative estimate of drug-likeness (QED) is 0.896. The van der Waals surface area contributed by atoms with Crippen molar-refractivity contribution in [3.8, 4) is 5.88 Å². The highest BCUT2D eigenvalue weighted by atomic mass is 16.5. The van der Waals surface area contributed by atoms with E-state index in [1.165, 1.54) is 23.1 Å². The minimum Gasteiger partial charge on any atom is -0.477 e. The molecular weight excluding hydrogens is 252 g/mol. The van der Waals surface area contributed by atoms with Gasteiger partial charge in [-0.1, -0.05) is 6.92 Å². The Labute approximate surface area is 119 Å². The van der Waals surface area contributed by atoms with Gasteiger partial charge in [0.25, 0.3) is 0 Å². The fourth-order valence-electron chi connectivity index (χ4n) is 3.38. The zero-order valence-electron chi connectivity index (χ0n) is 12.1. The molecule has 2 heterocycles. The molecule has 0 bridgehead atoms. The number of carbonyl (C=O) groups is 1. The number of nitrogens with zero attached hydrogens (tertiary/aromatic N) is 1. The van der Waals surface area contributed by atoms with E-state index in [0.29, 0.717) is 12.3 Å². The van der Waals surface area contributed by atoms with E-state index in [-0.39, 0.29) is 5.91 Å². The Balaban J connectivity index is 1.64. The molecular formula is C16H22N2O2. The lowest BCUT2D eigenvalue weighted by molar-refractivity contribution is -0.121. The van der Waals surface area contributed by atoms with E-state index >= 15 is 0 Å². The summed E-state index contributed by atoms with van der Waals surface area (Å²) in [7, 11) is 0. The molecule has 0 radical (unpaired) electrons. The summed E-state index contributed by atoms with van der Waals surface area (Å²) in [6, 6.07) is 0. The molecule has 3 rings (SSSR count). The van der Waals surface area contributed by atoms with Crippen molar-refractivity contribution in [2.75, 3.05) is 13.2 Å². The summed E-state index contributed by atoms with van der Waals surface area (Å²) in [6.45, 7) is 3.57. The van der Waals surface area contributed by atoms with Crippen LogP contribution in [-0.4, -0.2) is 24.0 Å². The van der Waals surface area contributed by atoms with Crippen LogP contribution < -0.4 is 10.1 Å². The number of hydrogen-bond acceptors (Lipinski definition) is 3. The molecule has 1 unspecified atom stereocenters. The van der Waals surface area contributed by atoms with Gasteiger partial charge in [-0.05, 0) is 42.7 Å². The number of rotatable bonds is 5. The Morgan fingerprint density at radius 3 is 3.25 bits per heavy atom. The van der Waals surface area contributed by atoms with Crippen LogP contribution in [-0.2, 0) is 17.6 Å². The highest BCUT2D eigenvalue weighted by molar-refractivity contribution is 5.75. The fourth-order valence-corrected chi connectivity index (χ4v) is 3.38. The summed E-state index contributed by atoms with van der Waals surface area (Å²) in [4.78, 5) is 15.9. The third-order valence-electron chi connectivity index (χ3n) is 4.32. The predicted octanol–water partition coefficient (Wildman–Crippen LogP) is 2.35. The number of fused-ring (bicyclic) bond motifs is 3. The molecule has 1 atom stereocenters. The SMILES string of the molecule is CCCC(=O)NCCC1CCc2cnc3c(c21)CCO3. The topological polar surface area (TPSA) is 51.2 Å². The summed E-state index contributed by atoms with van der Waals surface area (Å²) in [6.07, 6.45) is 7.83. The summed E-state index contributed by atoms with van der Waals surface area (Å²) >= 11 is 0. The molecule has 1 N–H and O–H groups in total. The van der Waals surface area contributed by atoms with Crippen LogP contribution in [0.1, 0.15) is 55.2 Å². The molecule has 2 aliphatic rings. The van der Waals surface area contributed by atoms with Crippen LogP contribution in [0.15, 0.2) is 6.20 Å². The van der Waals surface area contributed by atoms with Crippen molar-refractivity contribution in [1.29, 1.82) is 0 Å². The van der Waals surface area contributed by atoms with Crippen molar-refractivity contribution >= 4 is 5.91 Å². The second-order valence-corrected chi connectivity index (χ2v) is 5.70. The number of hydrogen-bond donors (Lipinski definition) is 1. The molecule has 1 aliphatic carbocycles. The second kappa shape index (κ2) is 5.81. The van der Waals surface area contributed by atoms with Gasteiger partial charge in [0.1, 0.15) is 0 Å². The van der Waals surface area contributed by atoms with Crippen molar-refractivity contribution < 1.29 is 9.53 Å². The number of carbonyl (C=O) groups excluding carboxylic acids is 1. The van der Waals surface area contributed by atoms with Crippen LogP contribution in [0.4, 0.5) is 0 Å². The first-order valence-corrected chi connectivity index (χ1v) is 7.69. The minimum absolute atomic E-state index is 0.175. The normalized spacial score (nSPS) is 19.4. The molecule has 20 heavy (non-hydrogen) atoms. The van der Waals surface area contributed by atoms with Crippen LogP contribution in [0, 0.1) is 0 Å². The summed E-state index contributed by atoms with van der Waals surface area (Å²) in [5.41, 5.74) is 4.18. The van der Waals surface area contributed by atoms with E-state index in [4.69, 9.17) is 4.74 Å². The second-order valence-electron chi connectivity index (χ2n) is 5.70. The van der Waals surface area contributed by atoms with Crippen LogP contribution in [0.3, 0.4) is 0 Å². The smallest absolute Gasteiger partial charge is 0.219 e. The zero-order chi connectivity index (χ0) is 13.9. The number of ether oxygens (including phenoxy) is 1. The molecule has 0 fully saturated rings. The highest BCUT2D eigenvalue weighted by Gasteiger charge is 2.30. The average Bonchev–Trinajstić information content (AvgIpc) is 3.04. The third kappa shape index (κ3) is 2.51. The molecule has 0 saturated heterocycles. The van der Waals surface area contributed by atoms with Gasteiger partial charge in [-0.15, -0.1) is 0 Å². The van der Waals surface area contributed by atoms with Crippen LogP contribution in [0.25, 0.3) is 0 Å². The number of nitrogens with one attached hydrogen (secondary N) is 1. The number of pyridine rings is 1. The average molecular weight is 274 g/mol. The van der Waals surface area contributed by atoms with E-state index in [1.807, 2.05) is 13.1 Å². The Bertz CT molecular complexity index is 513. The van der Waals surface area contributed by atoms with Gasteiger partial charge in [0, 0.05) is 31.1 Å². The molecule has 1 aromatic rings. The maximum atomic E-state index is 11.5. The lowest BCUT2D eigenvalue weighted by Gasteiger charge is -2.14. The molecule has 108 valence electrons. The lowest BCUT2D eigenvalue weighted by atomic mass is 9.93. The number of aromatic nitrogens is 1. The van der Waals surface area contributed by atoms with Gasteiger partial charge in [0.15, 0.2) is 0 Å². The number of aryl methyl sites for hydroxylation is 1. The summed E-state index contributed by atoms with van der Waals surface area (Å²) in [5.74, 6) is 1.57. The predicted molar refractivity (Wildman–Crippen MR) is 77.0 cm³/mol. The van der Waals surface area contributed by atoms with E-state index in [0.717, 1.165) is 44.7 Å². The van der Waals surface area contributed by atoms with Crippen LogP contribution >= 0.6 is 0 Å². The molecule has 1 aliphatic heterocycles. The first kappa shape index (κ1) is 13.4. The Morgan fingerprint density at radius 1 is 1.50 bits per heavy atom. The van der Waals surface area contributed by atoms with Crippen LogP contribution in [0.5, 0.6) is 5.88 Å². The molecule has 0 spiro atoms. The van der Waals surface area contributed by atoms with Crippen molar-refractivity contribution in [3.63, 3.8) is 0 Å². The van der Waals surface area contributed by atoms with Gasteiger partial charge in [0.05, 0.1) is 6.61 Å². The molecule has 4 nitrogen and oxygen atoms in total. The van der Waals surface area contributed by atoms with Gasteiger partial charge in [-0.25, -0.2) is 4.98 Å². The van der Waals surface area contributed by atoms with Crippen LogP contribution in [0.2, 0.25) is 0 Å². The molecule has 1 amide bonds. The summed E-state index contributed by atoms with van der Waals surface area (Å²) in [5, 5.41) is 3.02. The largest absolute Gasteiger partial charge is 0.477 e. The van der Waals surface area contributed by atoms with Gasteiger partial charge in [-0.2, -0.15) is 0 Å². The minimum atomic E-state index is 0.175. The van der Waals surface area contributed by atoms with E-state index in [2.05, 4.69) is 10.3 Å². The van der Waals surface area contributed by atoms with E-state index in [9.17, 15) is 4.79 Å². The molecule has 1 aromatic heterocycles. The number of amides is 1. The summed E-state index contributed by atoms with van der Waals surface area (Å²) < 4.78 is 5.57. The van der Waals surface area contributed by atoms with Gasteiger partial charge in [0.2, 0.25) is 11.8 Å². The van der Waals surface area contributed by atoms with Crippen molar-refractivity contribution in [3.05, 3.63) is 22.9 Å². The fraction of sp³-hybridized carbons (Fsp3) is 0.625. The van der Waals surface area contributed by atoms with Crippen molar-refractivity contribution in [2.45, 2.75) is 51.4 Å². The third-order valence-corrected chi connectivity index (χ3v) is 4.32. The Hall–Kier alpha value is -1.58. The first-order chi connectivity index (χ1) is 9.79. The Morgan fingerprint density at radius 2 is 2.40 bits per heavy atom. The zero-order valence-corrected chi connectivity index (χ0v) is 12.1. The van der Waals surface area contributed by atoms with E-state index in [1.54, 1.807) is 0 Å². The van der Waals surface area contributed by atoms with E-state index < -0.39 is 0 Å². The van der Waals surface area contributed by atoms with Gasteiger partial charge < -0.3 is 10.1 Å². The van der Waals surface area contributed by atoms with Crippen molar-refractivity contribution in [2.24, 2.45) is 0 Å². The maximum Gasteiger partial charge on any atom is 0.219 e. The standard InChI is InChI=1S/C16H22N2O2/c1-2-3-14(19)17-8-6-11-4-5-12-10-18-16-13(15(11)12)7-9-20-16/h10-11H,2-9H2,1H3,(H,17,19). The highest BCUT2D eigenvalue weighted by Crippen LogP contribution is 2.41. The first-order valence-electron chi connectivity index (χ1n) is 7.69. The molecule has 4 heteroatoms. The monoisotopic (exact) mass is 274 g/mol.